The Bertz CT molecular complexity index is 1100. The molecule has 0 unspecified atom stereocenters. The van der Waals surface area contributed by atoms with Crippen molar-refractivity contribution in [2.24, 2.45) is 5.41 Å². The second-order valence-corrected chi connectivity index (χ2v) is 9.06. The number of imidazole rings is 1. The van der Waals surface area contributed by atoms with Crippen LogP contribution in [0, 0.1) is 11.2 Å². The predicted molar refractivity (Wildman–Crippen MR) is 120 cm³/mol. The Kier molecular flexibility index (Phi) is 5.95. The molecule has 1 aromatic carbocycles. The van der Waals surface area contributed by atoms with E-state index >= 15 is 0 Å². The number of H-pyrrole nitrogens is 1. The van der Waals surface area contributed by atoms with Crippen molar-refractivity contribution in [2.45, 2.75) is 44.9 Å². The Morgan fingerprint density at radius 3 is 2.39 bits per heavy atom. The van der Waals surface area contributed by atoms with Crippen LogP contribution in [0.15, 0.2) is 48.8 Å². The van der Waals surface area contributed by atoms with E-state index in [1.165, 1.54) is 12.1 Å². The van der Waals surface area contributed by atoms with Crippen molar-refractivity contribution < 1.29 is 18.7 Å². The zero-order chi connectivity index (χ0) is 22.8. The number of amides is 1. The molecular formula is C25H27FN4O3. The smallest absolute Gasteiger partial charge is 0.230 e. The molecule has 7 nitrogen and oxygen atoms in total. The van der Waals surface area contributed by atoms with Crippen LogP contribution in [-0.2, 0) is 14.3 Å². The summed E-state index contributed by atoms with van der Waals surface area (Å²) in [7, 11) is 0. The SMILES string of the molecule is CC1(C(=O)NC2CCCC2)COC(c2nc(-c3ccc(F)cc3)c(-c3ccncc3)[nH]2)OC1. The Labute approximate surface area is 191 Å². The van der Waals surface area contributed by atoms with Crippen molar-refractivity contribution >= 4 is 5.91 Å². The molecule has 1 saturated heterocycles. The molecule has 2 aliphatic rings. The summed E-state index contributed by atoms with van der Waals surface area (Å²) in [5.41, 5.74) is 2.33. The number of hydrogen-bond donors (Lipinski definition) is 2. The van der Waals surface area contributed by atoms with Crippen molar-refractivity contribution in [3.63, 3.8) is 0 Å². The average molecular weight is 451 g/mol. The molecule has 1 saturated carbocycles. The lowest BCUT2D eigenvalue weighted by molar-refractivity contribution is -0.231. The van der Waals surface area contributed by atoms with Gasteiger partial charge in [0.2, 0.25) is 12.2 Å². The van der Waals surface area contributed by atoms with Gasteiger partial charge in [0.1, 0.15) is 5.82 Å². The van der Waals surface area contributed by atoms with Gasteiger partial charge < -0.3 is 19.8 Å². The first-order valence-corrected chi connectivity index (χ1v) is 11.3. The van der Waals surface area contributed by atoms with E-state index in [1.807, 2.05) is 19.1 Å². The van der Waals surface area contributed by atoms with Crippen molar-refractivity contribution in [1.82, 2.24) is 20.3 Å². The number of carbonyl (C=O) groups is 1. The molecule has 5 rings (SSSR count). The number of halogens is 1. The lowest BCUT2D eigenvalue weighted by Crippen LogP contribution is -2.50. The summed E-state index contributed by atoms with van der Waals surface area (Å²) in [6.07, 6.45) is 7.05. The quantitative estimate of drug-likeness (QED) is 0.602. The topological polar surface area (TPSA) is 89.1 Å². The average Bonchev–Trinajstić information content (AvgIpc) is 3.51. The monoisotopic (exact) mass is 450 g/mol. The van der Waals surface area contributed by atoms with Crippen molar-refractivity contribution in [2.75, 3.05) is 13.2 Å². The van der Waals surface area contributed by atoms with Gasteiger partial charge in [0.15, 0.2) is 5.82 Å². The maximum Gasteiger partial charge on any atom is 0.230 e. The van der Waals surface area contributed by atoms with Gasteiger partial charge in [0.05, 0.1) is 30.0 Å². The van der Waals surface area contributed by atoms with E-state index in [0.29, 0.717) is 11.5 Å². The van der Waals surface area contributed by atoms with Crippen molar-refractivity contribution in [3.8, 4) is 22.5 Å². The van der Waals surface area contributed by atoms with Gasteiger partial charge in [-0.3, -0.25) is 9.78 Å². The largest absolute Gasteiger partial charge is 0.353 e. The van der Waals surface area contributed by atoms with Gasteiger partial charge in [0.25, 0.3) is 0 Å². The highest BCUT2D eigenvalue weighted by molar-refractivity contribution is 5.83. The zero-order valence-corrected chi connectivity index (χ0v) is 18.5. The second-order valence-electron chi connectivity index (χ2n) is 9.06. The zero-order valence-electron chi connectivity index (χ0n) is 18.5. The predicted octanol–water partition coefficient (Wildman–Crippen LogP) is 4.39. The molecule has 3 aromatic rings. The molecule has 1 amide bonds. The Morgan fingerprint density at radius 2 is 1.73 bits per heavy atom. The van der Waals surface area contributed by atoms with Gasteiger partial charge in [0, 0.05) is 29.6 Å². The number of rotatable bonds is 5. The minimum atomic E-state index is -0.751. The summed E-state index contributed by atoms with van der Waals surface area (Å²) in [6, 6.07) is 10.2. The maximum atomic E-state index is 13.5. The number of carbonyl (C=O) groups excluding carboxylic acids is 1. The summed E-state index contributed by atoms with van der Waals surface area (Å²) in [4.78, 5) is 25.0. The minimum Gasteiger partial charge on any atom is -0.353 e. The molecule has 2 fully saturated rings. The fourth-order valence-electron chi connectivity index (χ4n) is 4.38. The van der Waals surface area contributed by atoms with E-state index < -0.39 is 11.7 Å². The maximum absolute atomic E-state index is 13.5. The third-order valence-electron chi connectivity index (χ3n) is 6.38. The molecule has 2 N–H and O–H groups in total. The molecule has 0 radical (unpaired) electrons. The van der Waals surface area contributed by atoms with E-state index in [0.717, 1.165) is 42.5 Å². The van der Waals surface area contributed by atoms with E-state index in [2.05, 4.69) is 15.3 Å². The van der Waals surface area contributed by atoms with Crippen LogP contribution in [0.3, 0.4) is 0 Å². The lowest BCUT2D eigenvalue weighted by Gasteiger charge is -2.36. The number of pyridine rings is 1. The summed E-state index contributed by atoms with van der Waals surface area (Å²) < 4.78 is 25.4. The minimum absolute atomic E-state index is 0.0308. The van der Waals surface area contributed by atoms with Crippen LogP contribution in [0.25, 0.3) is 22.5 Å². The normalized spacial score (nSPS) is 23.5. The lowest BCUT2D eigenvalue weighted by atomic mass is 9.90. The Balaban J connectivity index is 1.36. The highest BCUT2D eigenvalue weighted by Gasteiger charge is 2.41. The van der Waals surface area contributed by atoms with Crippen LogP contribution in [0.2, 0.25) is 0 Å². The number of hydrogen-bond acceptors (Lipinski definition) is 5. The first-order chi connectivity index (χ1) is 16.0. The van der Waals surface area contributed by atoms with Crippen molar-refractivity contribution in [1.29, 1.82) is 0 Å². The number of ether oxygens (including phenoxy) is 2. The Morgan fingerprint density at radius 1 is 1.06 bits per heavy atom. The van der Waals surface area contributed by atoms with Gasteiger partial charge in [-0.1, -0.05) is 12.8 Å². The first kappa shape index (κ1) is 21.7. The summed E-state index contributed by atoms with van der Waals surface area (Å²) in [5.74, 6) is 0.158. The number of nitrogens with zero attached hydrogens (tertiary/aromatic N) is 2. The van der Waals surface area contributed by atoms with Gasteiger partial charge in [-0.2, -0.15) is 0 Å². The standard InChI is InChI=1S/C25H27FN4O3/c1-25(24(31)28-19-4-2-3-5-19)14-32-23(33-15-25)22-29-20(16-6-8-18(26)9-7-16)21(30-22)17-10-12-27-13-11-17/h6-13,19,23H,2-5,14-15H2,1H3,(H,28,31)(H,29,30). The van der Waals surface area contributed by atoms with E-state index in [4.69, 9.17) is 14.5 Å². The first-order valence-electron chi connectivity index (χ1n) is 11.3. The van der Waals surface area contributed by atoms with E-state index in [1.54, 1.807) is 24.5 Å². The second kappa shape index (κ2) is 9.03. The number of aromatic amines is 1. The van der Waals surface area contributed by atoms with Gasteiger partial charge in [-0.25, -0.2) is 9.37 Å². The van der Waals surface area contributed by atoms with Crippen LogP contribution < -0.4 is 5.32 Å². The molecule has 1 aliphatic heterocycles. The highest BCUT2D eigenvalue weighted by Crippen LogP contribution is 2.36. The van der Waals surface area contributed by atoms with Gasteiger partial charge in [-0.15, -0.1) is 0 Å². The molecule has 0 spiro atoms. The Hall–Kier alpha value is -3.10. The molecule has 1 aliphatic carbocycles. The third-order valence-corrected chi connectivity index (χ3v) is 6.38. The van der Waals surface area contributed by atoms with Crippen LogP contribution in [0.5, 0.6) is 0 Å². The molecule has 2 aromatic heterocycles. The summed E-state index contributed by atoms with van der Waals surface area (Å²) in [6.45, 7) is 2.32. The fraction of sp³-hybridized carbons (Fsp3) is 0.400. The molecule has 172 valence electrons. The van der Waals surface area contributed by atoms with Crippen LogP contribution >= 0.6 is 0 Å². The molecule has 0 bridgehead atoms. The number of benzene rings is 1. The molecular weight excluding hydrogens is 423 g/mol. The van der Waals surface area contributed by atoms with Crippen LogP contribution in [0.4, 0.5) is 4.39 Å². The molecule has 0 atom stereocenters. The summed E-state index contributed by atoms with van der Waals surface area (Å²) >= 11 is 0. The molecule has 3 heterocycles. The van der Waals surface area contributed by atoms with Crippen LogP contribution in [-0.4, -0.2) is 40.1 Å². The highest BCUT2D eigenvalue weighted by atomic mass is 19.1. The molecule has 8 heteroatoms. The fourth-order valence-corrected chi connectivity index (χ4v) is 4.38. The number of nitrogens with one attached hydrogen (secondary N) is 2. The van der Waals surface area contributed by atoms with E-state index in [-0.39, 0.29) is 31.0 Å². The van der Waals surface area contributed by atoms with Crippen molar-refractivity contribution in [3.05, 3.63) is 60.4 Å². The van der Waals surface area contributed by atoms with Crippen LogP contribution in [0.1, 0.15) is 44.7 Å². The summed E-state index contributed by atoms with van der Waals surface area (Å²) in [5, 5.41) is 3.15. The number of aromatic nitrogens is 3. The molecule has 33 heavy (non-hydrogen) atoms. The third kappa shape index (κ3) is 4.54. The van der Waals surface area contributed by atoms with Gasteiger partial charge in [-0.05, 0) is 56.2 Å². The van der Waals surface area contributed by atoms with E-state index in [9.17, 15) is 9.18 Å². The van der Waals surface area contributed by atoms with Gasteiger partial charge >= 0.3 is 0 Å².